The zero-order chi connectivity index (χ0) is 11.0. The highest BCUT2D eigenvalue weighted by Gasteiger charge is 2.23. The predicted molar refractivity (Wildman–Crippen MR) is 60.3 cm³/mol. The zero-order valence-corrected chi connectivity index (χ0v) is 8.69. The molecule has 0 aliphatic carbocycles. The minimum absolute atomic E-state index is 0.0493. The number of rotatable bonds is 2. The second-order valence-electron chi connectivity index (χ2n) is 3.97. The molecule has 1 aromatic heterocycles. The van der Waals surface area contributed by atoms with Gasteiger partial charge in [0.05, 0.1) is 6.54 Å². The standard InChI is InChI=1S/C12H12N2O2/c15-12-14-7-9(16-12)5-8-6-13-11-4-2-1-3-10(8)11/h1-4,6,9,13H,5,7H2,(H,14,15)/t9-/m0/s1. The number of alkyl carbamates (subject to hydrolysis) is 1. The molecule has 2 heterocycles. The Kier molecular flexibility index (Phi) is 2.06. The summed E-state index contributed by atoms with van der Waals surface area (Å²) in [6.45, 7) is 0.596. The molecule has 0 radical (unpaired) electrons. The third-order valence-corrected chi connectivity index (χ3v) is 2.87. The van der Waals surface area contributed by atoms with Gasteiger partial charge < -0.3 is 15.0 Å². The number of carbonyl (C=O) groups is 1. The summed E-state index contributed by atoms with van der Waals surface area (Å²) in [5, 5.41) is 3.86. The average molecular weight is 216 g/mol. The number of hydrogen-bond donors (Lipinski definition) is 2. The molecule has 1 aromatic carbocycles. The number of benzene rings is 1. The van der Waals surface area contributed by atoms with E-state index in [1.165, 1.54) is 10.9 Å². The van der Waals surface area contributed by atoms with Gasteiger partial charge in [-0.3, -0.25) is 0 Å². The number of para-hydroxylation sites is 1. The Bertz CT molecular complexity index is 533. The van der Waals surface area contributed by atoms with Crippen LogP contribution in [0.2, 0.25) is 0 Å². The molecule has 0 spiro atoms. The third-order valence-electron chi connectivity index (χ3n) is 2.87. The van der Waals surface area contributed by atoms with Gasteiger partial charge in [-0.1, -0.05) is 18.2 Å². The monoisotopic (exact) mass is 216 g/mol. The molecular weight excluding hydrogens is 204 g/mol. The number of cyclic esters (lactones) is 1. The molecule has 2 N–H and O–H groups in total. The Morgan fingerprint density at radius 3 is 3.06 bits per heavy atom. The Morgan fingerprint density at radius 1 is 1.38 bits per heavy atom. The van der Waals surface area contributed by atoms with Gasteiger partial charge in [-0.05, 0) is 11.6 Å². The summed E-state index contributed by atoms with van der Waals surface area (Å²) in [5.41, 5.74) is 2.31. The summed E-state index contributed by atoms with van der Waals surface area (Å²) >= 11 is 0. The SMILES string of the molecule is O=C1NC[C@H](Cc2c[nH]c3ccccc23)O1. The van der Waals surface area contributed by atoms with Gasteiger partial charge in [0.15, 0.2) is 0 Å². The van der Waals surface area contributed by atoms with Crippen molar-refractivity contribution in [3.05, 3.63) is 36.0 Å². The van der Waals surface area contributed by atoms with Crippen molar-refractivity contribution < 1.29 is 9.53 Å². The van der Waals surface area contributed by atoms with Gasteiger partial charge in [0.25, 0.3) is 0 Å². The van der Waals surface area contributed by atoms with Crippen LogP contribution in [0.15, 0.2) is 30.5 Å². The number of ether oxygens (including phenoxy) is 1. The highest BCUT2D eigenvalue weighted by Crippen LogP contribution is 2.20. The molecule has 1 atom stereocenters. The summed E-state index contributed by atoms with van der Waals surface area (Å²) in [7, 11) is 0. The van der Waals surface area contributed by atoms with Gasteiger partial charge in [0.1, 0.15) is 6.10 Å². The fourth-order valence-electron chi connectivity index (χ4n) is 2.09. The van der Waals surface area contributed by atoms with E-state index >= 15 is 0 Å². The van der Waals surface area contributed by atoms with Crippen LogP contribution in [-0.2, 0) is 11.2 Å². The summed E-state index contributed by atoms with van der Waals surface area (Å²) in [6, 6.07) is 8.13. The zero-order valence-electron chi connectivity index (χ0n) is 8.69. The minimum atomic E-state index is -0.315. The van der Waals surface area contributed by atoms with E-state index < -0.39 is 0 Å². The van der Waals surface area contributed by atoms with E-state index in [0.29, 0.717) is 6.54 Å². The predicted octanol–water partition coefficient (Wildman–Crippen LogP) is 1.82. The number of nitrogens with one attached hydrogen (secondary N) is 2. The summed E-state index contributed by atoms with van der Waals surface area (Å²) in [6.07, 6.45) is 2.37. The first-order chi connectivity index (χ1) is 7.83. The van der Waals surface area contributed by atoms with Crippen LogP contribution in [0.5, 0.6) is 0 Å². The lowest BCUT2D eigenvalue weighted by Gasteiger charge is -2.05. The summed E-state index contributed by atoms with van der Waals surface area (Å²) in [5.74, 6) is 0. The van der Waals surface area contributed by atoms with E-state index in [9.17, 15) is 4.79 Å². The van der Waals surface area contributed by atoms with Crippen LogP contribution >= 0.6 is 0 Å². The van der Waals surface area contributed by atoms with E-state index in [1.807, 2.05) is 24.4 Å². The second kappa shape index (κ2) is 3.56. The number of carbonyl (C=O) groups excluding carboxylic acids is 1. The first-order valence-electron chi connectivity index (χ1n) is 5.32. The lowest BCUT2D eigenvalue weighted by Crippen LogP contribution is -2.16. The van der Waals surface area contributed by atoms with Crippen molar-refractivity contribution in [3.63, 3.8) is 0 Å². The van der Waals surface area contributed by atoms with Crippen molar-refractivity contribution in [2.45, 2.75) is 12.5 Å². The molecular formula is C12H12N2O2. The molecule has 3 rings (SSSR count). The number of H-pyrrole nitrogens is 1. The van der Waals surface area contributed by atoms with Gasteiger partial charge in [-0.25, -0.2) is 4.79 Å². The molecule has 16 heavy (non-hydrogen) atoms. The van der Waals surface area contributed by atoms with Crippen LogP contribution in [-0.4, -0.2) is 23.7 Å². The molecule has 0 unspecified atom stereocenters. The number of hydrogen-bond acceptors (Lipinski definition) is 2. The van der Waals surface area contributed by atoms with Crippen LogP contribution in [0.1, 0.15) is 5.56 Å². The van der Waals surface area contributed by atoms with Crippen molar-refractivity contribution in [1.29, 1.82) is 0 Å². The fourth-order valence-corrected chi connectivity index (χ4v) is 2.09. The highest BCUT2D eigenvalue weighted by molar-refractivity contribution is 5.83. The summed E-state index contributed by atoms with van der Waals surface area (Å²) in [4.78, 5) is 14.1. The van der Waals surface area contributed by atoms with Gasteiger partial charge in [-0.2, -0.15) is 0 Å². The molecule has 1 fully saturated rings. The van der Waals surface area contributed by atoms with Crippen LogP contribution in [0, 0.1) is 0 Å². The van der Waals surface area contributed by atoms with Gasteiger partial charge in [0, 0.05) is 23.5 Å². The third kappa shape index (κ3) is 1.52. The lowest BCUT2D eigenvalue weighted by atomic mass is 10.1. The molecule has 1 aliphatic rings. The van der Waals surface area contributed by atoms with Crippen molar-refractivity contribution in [2.24, 2.45) is 0 Å². The Balaban J connectivity index is 1.86. The van der Waals surface area contributed by atoms with Crippen LogP contribution in [0.4, 0.5) is 4.79 Å². The topological polar surface area (TPSA) is 54.1 Å². The van der Waals surface area contributed by atoms with Crippen molar-refractivity contribution in [2.75, 3.05) is 6.54 Å². The minimum Gasteiger partial charge on any atom is -0.444 e. The Morgan fingerprint density at radius 2 is 2.25 bits per heavy atom. The fraction of sp³-hybridized carbons (Fsp3) is 0.250. The molecule has 4 nitrogen and oxygen atoms in total. The number of aromatic nitrogens is 1. The van der Waals surface area contributed by atoms with E-state index in [1.54, 1.807) is 0 Å². The Hall–Kier alpha value is -1.97. The normalized spacial score (nSPS) is 19.8. The largest absolute Gasteiger partial charge is 0.444 e. The smallest absolute Gasteiger partial charge is 0.407 e. The maximum absolute atomic E-state index is 10.9. The first kappa shape index (κ1) is 9.27. The number of fused-ring (bicyclic) bond motifs is 1. The van der Waals surface area contributed by atoms with Crippen LogP contribution in [0.25, 0.3) is 10.9 Å². The molecule has 4 heteroatoms. The number of amides is 1. The molecule has 2 aromatic rings. The van der Waals surface area contributed by atoms with E-state index in [0.717, 1.165) is 11.9 Å². The van der Waals surface area contributed by atoms with Gasteiger partial charge >= 0.3 is 6.09 Å². The van der Waals surface area contributed by atoms with Crippen LogP contribution in [0.3, 0.4) is 0 Å². The molecule has 1 amide bonds. The molecule has 0 bridgehead atoms. The molecule has 0 saturated carbocycles. The quantitative estimate of drug-likeness (QED) is 0.804. The molecule has 1 aliphatic heterocycles. The van der Waals surface area contributed by atoms with Crippen molar-refractivity contribution in [3.8, 4) is 0 Å². The van der Waals surface area contributed by atoms with Gasteiger partial charge in [0.2, 0.25) is 0 Å². The van der Waals surface area contributed by atoms with Gasteiger partial charge in [-0.15, -0.1) is 0 Å². The highest BCUT2D eigenvalue weighted by atomic mass is 16.6. The molecule has 1 saturated heterocycles. The first-order valence-corrected chi connectivity index (χ1v) is 5.32. The van der Waals surface area contributed by atoms with Crippen molar-refractivity contribution >= 4 is 17.0 Å². The van der Waals surface area contributed by atoms with Crippen LogP contribution < -0.4 is 5.32 Å². The number of aromatic amines is 1. The second-order valence-corrected chi connectivity index (χ2v) is 3.97. The average Bonchev–Trinajstić information content (AvgIpc) is 2.87. The van der Waals surface area contributed by atoms with Crippen molar-refractivity contribution in [1.82, 2.24) is 10.3 Å². The maximum atomic E-state index is 10.9. The lowest BCUT2D eigenvalue weighted by molar-refractivity contribution is 0.140. The van der Waals surface area contributed by atoms with E-state index in [4.69, 9.17) is 4.74 Å². The Labute approximate surface area is 92.6 Å². The van der Waals surface area contributed by atoms with E-state index in [-0.39, 0.29) is 12.2 Å². The maximum Gasteiger partial charge on any atom is 0.407 e. The van der Waals surface area contributed by atoms with E-state index in [2.05, 4.69) is 16.4 Å². The molecule has 82 valence electrons. The summed E-state index contributed by atoms with van der Waals surface area (Å²) < 4.78 is 5.12.